The maximum Gasteiger partial charge on any atom is 0.107 e. The summed E-state index contributed by atoms with van der Waals surface area (Å²) in [5, 5.41) is 0. The monoisotopic (exact) mass is 258 g/mol. The Balaban J connectivity index is 0.000000640. The van der Waals surface area contributed by atoms with E-state index in [1.165, 1.54) is 0 Å². The molecule has 4 heteroatoms. The zero-order valence-electron chi connectivity index (χ0n) is 4.94. The van der Waals surface area contributed by atoms with Gasteiger partial charge in [0.2, 0.25) is 0 Å². The van der Waals surface area contributed by atoms with Crippen molar-refractivity contribution in [1.29, 1.82) is 0 Å². The van der Waals surface area contributed by atoms with E-state index >= 15 is 0 Å². The van der Waals surface area contributed by atoms with Gasteiger partial charge in [0.15, 0.2) is 0 Å². The topological polar surface area (TPSA) is 12.9 Å². The third-order valence-corrected chi connectivity index (χ3v) is 1.56. The van der Waals surface area contributed by atoms with Gasteiger partial charge in [-0.25, -0.2) is 4.98 Å². The quantitative estimate of drug-likeness (QED) is 0.514. The molecule has 1 nitrogen and oxygen atoms in total. The van der Waals surface area contributed by atoms with Crippen molar-refractivity contribution in [1.82, 2.24) is 4.98 Å². The van der Waals surface area contributed by atoms with Gasteiger partial charge in [0.1, 0.15) is 9.21 Å². The van der Waals surface area contributed by atoms with Gasteiger partial charge < -0.3 is 0 Å². The van der Waals surface area contributed by atoms with Crippen LogP contribution in [0.2, 0.25) is 0 Å². The Hall–Kier alpha value is 1.11. The summed E-state index contributed by atoms with van der Waals surface area (Å²) in [5.41, 5.74) is 0. The maximum absolute atomic E-state index is 4.01. The van der Waals surface area contributed by atoms with Crippen LogP contribution in [-0.2, 0) is 0 Å². The van der Waals surface area contributed by atoms with Crippen molar-refractivity contribution in [2.24, 2.45) is 0 Å². The number of hydrogen-bond donors (Lipinski definition) is 0. The molecule has 1 rings (SSSR count). The summed E-state index contributed by atoms with van der Waals surface area (Å²) in [6.07, 6.45) is 0. The Morgan fingerprint density at radius 3 is 1.78 bits per heavy atom. The molecule has 0 saturated carbocycles. The molecule has 0 fully saturated rings. The fourth-order valence-electron chi connectivity index (χ4n) is 0.383. The van der Waals surface area contributed by atoms with Gasteiger partial charge in [0.05, 0.1) is 0 Å². The van der Waals surface area contributed by atoms with E-state index in [0.717, 1.165) is 9.21 Å². The van der Waals surface area contributed by atoms with Gasteiger partial charge >= 0.3 is 0 Å². The summed E-state index contributed by atoms with van der Waals surface area (Å²) in [5.74, 6) is 0. The molecule has 1 aromatic rings. The Bertz CT molecular complexity index is 175. The molecule has 0 atom stereocenters. The molecule has 0 aliphatic rings. The van der Waals surface area contributed by atoms with Crippen molar-refractivity contribution >= 4 is 61.4 Å². The van der Waals surface area contributed by atoms with Crippen molar-refractivity contribution in [3.05, 3.63) is 27.4 Å². The van der Waals surface area contributed by atoms with E-state index in [0.29, 0.717) is 0 Å². The van der Waals surface area contributed by atoms with Crippen LogP contribution in [0, 0.1) is 0 Å². The minimum atomic E-state index is 0. The van der Waals surface area contributed by atoms with Gasteiger partial charge in [-0.05, 0) is 44.0 Å². The fraction of sp³-hybridized carbons (Fsp3) is 0. The van der Waals surface area contributed by atoms with Crippen molar-refractivity contribution in [2.45, 2.75) is 0 Å². The summed E-state index contributed by atoms with van der Waals surface area (Å²) in [7, 11) is 0. The molecule has 0 saturated heterocycles. The minimum absolute atomic E-state index is 0. The van der Waals surface area contributed by atoms with Crippen LogP contribution in [0.1, 0.15) is 0 Å². The van der Waals surface area contributed by atoms with Crippen LogP contribution >= 0.6 is 31.9 Å². The van der Waals surface area contributed by atoms with E-state index in [4.69, 9.17) is 0 Å². The molecule has 1 aromatic heterocycles. The predicted molar refractivity (Wildman–Crippen MR) is 45.4 cm³/mol. The second-order valence-electron chi connectivity index (χ2n) is 1.28. The molecule has 0 N–H and O–H groups in total. The van der Waals surface area contributed by atoms with Crippen LogP contribution in [0.5, 0.6) is 0 Å². The van der Waals surface area contributed by atoms with E-state index in [1.807, 2.05) is 18.2 Å². The Morgan fingerprint density at radius 1 is 1.11 bits per heavy atom. The molecule has 0 unspecified atom stereocenters. The average molecular weight is 260 g/mol. The molecule has 43 valence electrons. The van der Waals surface area contributed by atoms with Gasteiger partial charge in [-0.15, -0.1) is 0 Å². The first-order valence-corrected chi connectivity index (χ1v) is 3.66. The van der Waals surface area contributed by atoms with Crippen LogP contribution in [-0.4, -0.2) is 34.5 Å². The molecule has 0 spiro atoms. The van der Waals surface area contributed by atoms with Gasteiger partial charge in [0.25, 0.3) is 0 Å². The number of halogens is 2. The maximum atomic E-state index is 4.01. The molecule has 0 amide bonds. The second-order valence-corrected chi connectivity index (χ2v) is 2.91. The normalized spacial score (nSPS) is 8.22. The first-order chi connectivity index (χ1) is 3.79. The Kier molecular flexibility index (Phi) is 5.45. The summed E-state index contributed by atoms with van der Waals surface area (Å²) in [6, 6.07) is 5.68. The van der Waals surface area contributed by atoms with Crippen molar-refractivity contribution in [3.8, 4) is 0 Å². The van der Waals surface area contributed by atoms with Crippen LogP contribution in [0.4, 0.5) is 0 Å². The smallest absolute Gasteiger partial charge is 0.107 e. The molecule has 0 aromatic carbocycles. The van der Waals surface area contributed by atoms with Gasteiger partial charge in [-0.3, -0.25) is 0 Å². The van der Waals surface area contributed by atoms with Gasteiger partial charge in [-0.2, -0.15) is 0 Å². The Morgan fingerprint density at radius 2 is 1.56 bits per heavy atom. The summed E-state index contributed by atoms with van der Waals surface area (Å²) >= 11 is 6.44. The van der Waals surface area contributed by atoms with Crippen molar-refractivity contribution < 1.29 is 0 Å². The van der Waals surface area contributed by atoms with E-state index in [9.17, 15) is 0 Å². The zero-order chi connectivity index (χ0) is 5.98. The second kappa shape index (κ2) is 4.85. The number of nitrogens with zero attached hydrogens (tertiary/aromatic N) is 1. The fourth-order valence-corrected chi connectivity index (χ4v) is 1.31. The van der Waals surface area contributed by atoms with E-state index in [2.05, 4.69) is 36.8 Å². The van der Waals surface area contributed by atoms with Gasteiger partial charge in [-0.1, -0.05) is 6.07 Å². The first kappa shape index (κ1) is 10.1. The predicted octanol–water partition coefficient (Wildman–Crippen LogP) is 2.23. The average Bonchev–Trinajstić information content (AvgIpc) is 1.64. The standard InChI is InChI=1S/C5H3Br2N.Na/c6-4-2-1-3-5(7)8-4;/h1-3H;. The van der Waals surface area contributed by atoms with Crippen LogP contribution in [0.3, 0.4) is 0 Å². The zero-order valence-corrected chi connectivity index (χ0v) is 10.1. The number of pyridine rings is 1. The summed E-state index contributed by atoms with van der Waals surface area (Å²) in [6.45, 7) is 0. The summed E-state index contributed by atoms with van der Waals surface area (Å²) in [4.78, 5) is 4.01. The minimum Gasteiger partial charge on any atom is -0.234 e. The van der Waals surface area contributed by atoms with E-state index < -0.39 is 0 Å². The van der Waals surface area contributed by atoms with E-state index in [-0.39, 0.29) is 29.6 Å². The third kappa shape index (κ3) is 3.73. The number of hydrogen-bond acceptors (Lipinski definition) is 1. The Labute approximate surface area is 92.8 Å². The molecule has 1 heterocycles. The molecule has 0 bridgehead atoms. The number of rotatable bonds is 0. The molecular weight excluding hydrogens is 257 g/mol. The molecule has 0 aliphatic heterocycles. The molecule has 9 heavy (non-hydrogen) atoms. The van der Waals surface area contributed by atoms with Crippen LogP contribution in [0.25, 0.3) is 0 Å². The molecule has 1 radical (unpaired) electrons. The van der Waals surface area contributed by atoms with Crippen LogP contribution < -0.4 is 0 Å². The van der Waals surface area contributed by atoms with Crippen molar-refractivity contribution in [3.63, 3.8) is 0 Å². The van der Waals surface area contributed by atoms with Crippen LogP contribution in [0.15, 0.2) is 27.4 Å². The third-order valence-electron chi connectivity index (χ3n) is 0.681. The molecule has 0 aliphatic carbocycles. The SMILES string of the molecule is Brc1cccc(Br)n1.[Na]. The summed E-state index contributed by atoms with van der Waals surface area (Å²) < 4.78 is 1.71. The van der Waals surface area contributed by atoms with E-state index in [1.54, 1.807) is 0 Å². The van der Waals surface area contributed by atoms with Gasteiger partial charge in [0, 0.05) is 29.6 Å². The number of aromatic nitrogens is 1. The molecular formula is C5H3Br2NNa. The first-order valence-electron chi connectivity index (χ1n) is 2.07. The van der Waals surface area contributed by atoms with Crippen molar-refractivity contribution in [2.75, 3.05) is 0 Å². The largest absolute Gasteiger partial charge is 0.234 e.